The van der Waals surface area contributed by atoms with Gasteiger partial charge in [-0.2, -0.15) is 0 Å². The van der Waals surface area contributed by atoms with E-state index in [1.54, 1.807) is 0 Å². The molecule has 0 saturated carbocycles. The van der Waals surface area contributed by atoms with Crippen LogP contribution in [0.25, 0.3) is 0 Å². The van der Waals surface area contributed by atoms with Crippen LogP contribution in [0.5, 0.6) is 0 Å². The van der Waals surface area contributed by atoms with Crippen LogP contribution in [0.3, 0.4) is 0 Å². The Morgan fingerprint density at radius 3 is 2.94 bits per heavy atom. The molecule has 6 heteroatoms. The number of nitrogens with one attached hydrogen (secondary N) is 1. The number of hydrogen-bond donors (Lipinski definition) is 1. The molecule has 5 nitrogen and oxygen atoms in total. The number of nitro benzene ring substituents is 1. The summed E-state index contributed by atoms with van der Waals surface area (Å²) in [6.07, 6.45) is 0.879. The molecule has 98 valence electrons. The van der Waals surface area contributed by atoms with Crippen molar-refractivity contribution in [3.8, 4) is 0 Å². The SMILES string of the molecule is CC1(NCc2cc(F)cc([N+](=O)[O-])c2)CCOC1. The summed E-state index contributed by atoms with van der Waals surface area (Å²) in [5.74, 6) is -0.589. The Morgan fingerprint density at radius 2 is 2.33 bits per heavy atom. The smallest absolute Gasteiger partial charge is 0.272 e. The highest BCUT2D eigenvalue weighted by molar-refractivity contribution is 5.35. The highest BCUT2D eigenvalue weighted by Crippen LogP contribution is 2.20. The van der Waals surface area contributed by atoms with Crippen LogP contribution in [0.4, 0.5) is 10.1 Å². The number of halogens is 1. The van der Waals surface area contributed by atoms with Crippen LogP contribution in [-0.4, -0.2) is 23.7 Å². The van der Waals surface area contributed by atoms with Gasteiger partial charge in [-0.1, -0.05) is 0 Å². The van der Waals surface area contributed by atoms with Gasteiger partial charge in [0.1, 0.15) is 5.82 Å². The Balaban J connectivity index is 2.07. The van der Waals surface area contributed by atoms with Gasteiger partial charge in [0, 0.05) is 24.8 Å². The first kappa shape index (κ1) is 12.9. The van der Waals surface area contributed by atoms with Crippen molar-refractivity contribution < 1.29 is 14.1 Å². The van der Waals surface area contributed by atoms with Crippen LogP contribution >= 0.6 is 0 Å². The summed E-state index contributed by atoms with van der Waals surface area (Å²) in [4.78, 5) is 10.0. The molecule has 1 aliphatic rings. The number of benzene rings is 1. The molecule has 18 heavy (non-hydrogen) atoms. The van der Waals surface area contributed by atoms with E-state index < -0.39 is 10.7 Å². The van der Waals surface area contributed by atoms with Gasteiger partial charge in [0.2, 0.25) is 0 Å². The molecular formula is C12H15FN2O3. The molecule has 1 heterocycles. The maximum Gasteiger partial charge on any atom is 0.272 e. The molecule has 2 rings (SSSR count). The largest absolute Gasteiger partial charge is 0.379 e. The molecule has 1 aromatic carbocycles. The zero-order valence-corrected chi connectivity index (χ0v) is 10.1. The van der Waals surface area contributed by atoms with Gasteiger partial charge in [0.05, 0.1) is 17.6 Å². The summed E-state index contributed by atoms with van der Waals surface area (Å²) in [7, 11) is 0. The third-order valence-corrected chi connectivity index (χ3v) is 3.09. The molecule has 0 radical (unpaired) electrons. The van der Waals surface area contributed by atoms with Crippen LogP contribution < -0.4 is 5.32 Å². The first-order chi connectivity index (χ1) is 8.48. The van der Waals surface area contributed by atoms with Crippen molar-refractivity contribution >= 4 is 5.69 Å². The summed E-state index contributed by atoms with van der Waals surface area (Å²) in [5.41, 5.74) is 0.204. The second kappa shape index (κ2) is 4.99. The van der Waals surface area contributed by atoms with Gasteiger partial charge in [-0.15, -0.1) is 0 Å². The maximum atomic E-state index is 13.2. The lowest BCUT2D eigenvalue weighted by molar-refractivity contribution is -0.385. The number of non-ortho nitro benzene ring substituents is 1. The van der Waals surface area contributed by atoms with E-state index in [4.69, 9.17) is 4.74 Å². The molecule has 1 fully saturated rings. The Hall–Kier alpha value is -1.53. The minimum Gasteiger partial charge on any atom is -0.379 e. The Morgan fingerprint density at radius 1 is 1.56 bits per heavy atom. The summed E-state index contributed by atoms with van der Waals surface area (Å²) in [6.45, 7) is 3.71. The molecule has 0 aromatic heterocycles. The van der Waals surface area contributed by atoms with Crippen molar-refractivity contribution in [2.75, 3.05) is 13.2 Å². The number of nitrogens with zero attached hydrogens (tertiary/aromatic N) is 1. The highest BCUT2D eigenvalue weighted by Gasteiger charge is 2.28. The molecule has 0 amide bonds. The normalized spacial score (nSPS) is 23.2. The molecule has 1 saturated heterocycles. The first-order valence-corrected chi connectivity index (χ1v) is 5.75. The average Bonchev–Trinajstić information content (AvgIpc) is 2.73. The molecule has 1 aliphatic heterocycles. The molecule has 1 atom stereocenters. The van der Waals surface area contributed by atoms with Crippen molar-refractivity contribution in [3.63, 3.8) is 0 Å². The standard InChI is InChI=1S/C12H15FN2O3/c1-12(2-3-18-8-12)14-7-9-4-10(13)6-11(5-9)15(16)17/h4-6,14H,2-3,7-8H2,1H3. The molecule has 1 aromatic rings. The predicted octanol–water partition coefficient (Wildman–Crippen LogP) is 2.00. The lowest BCUT2D eigenvalue weighted by atomic mass is 10.0. The van der Waals surface area contributed by atoms with E-state index in [-0.39, 0.29) is 11.2 Å². The quantitative estimate of drug-likeness (QED) is 0.659. The third-order valence-electron chi connectivity index (χ3n) is 3.09. The fourth-order valence-corrected chi connectivity index (χ4v) is 1.96. The van der Waals surface area contributed by atoms with Gasteiger partial charge >= 0.3 is 0 Å². The fraction of sp³-hybridized carbons (Fsp3) is 0.500. The summed E-state index contributed by atoms with van der Waals surface area (Å²) < 4.78 is 18.5. The molecule has 0 spiro atoms. The molecule has 0 bridgehead atoms. The molecule has 1 unspecified atom stereocenters. The second-order valence-corrected chi connectivity index (χ2v) is 4.79. The highest BCUT2D eigenvalue weighted by atomic mass is 19.1. The Bertz CT molecular complexity index is 459. The van der Waals surface area contributed by atoms with Crippen molar-refractivity contribution in [2.24, 2.45) is 0 Å². The second-order valence-electron chi connectivity index (χ2n) is 4.79. The monoisotopic (exact) mass is 254 g/mol. The summed E-state index contributed by atoms with van der Waals surface area (Å²) in [5, 5.41) is 13.9. The van der Waals surface area contributed by atoms with Gasteiger partial charge in [0.15, 0.2) is 0 Å². The minimum atomic E-state index is -0.590. The van der Waals surface area contributed by atoms with Crippen molar-refractivity contribution in [3.05, 3.63) is 39.7 Å². The van der Waals surface area contributed by atoms with Gasteiger partial charge < -0.3 is 10.1 Å². The van der Waals surface area contributed by atoms with Crippen LogP contribution in [0, 0.1) is 15.9 Å². The van der Waals surface area contributed by atoms with E-state index in [0.29, 0.717) is 25.3 Å². The van der Waals surface area contributed by atoms with Crippen molar-refractivity contribution in [2.45, 2.75) is 25.4 Å². The predicted molar refractivity (Wildman–Crippen MR) is 63.7 cm³/mol. The molecular weight excluding hydrogens is 239 g/mol. The topological polar surface area (TPSA) is 64.4 Å². The lowest BCUT2D eigenvalue weighted by Gasteiger charge is -2.23. The first-order valence-electron chi connectivity index (χ1n) is 5.75. The number of rotatable bonds is 4. The lowest BCUT2D eigenvalue weighted by Crippen LogP contribution is -2.42. The van der Waals surface area contributed by atoms with Crippen LogP contribution in [-0.2, 0) is 11.3 Å². The number of ether oxygens (including phenoxy) is 1. The third kappa shape index (κ3) is 3.02. The number of hydrogen-bond acceptors (Lipinski definition) is 4. The Kier molecular flexibility index (Phi) is 3.58. The van der Waals surface area contributed by atoms with Crippen LogP contribution in [0.2, 0.25) is 0 Å². The van der Waals surface area contributed by atoms with Gasteiger partial charge in [-0.3, -0.25) is 10.1 Å². The van der Waals surface area contributed by atoms with Gasteiger partial charge in [-0.05, 0) is 25.0 Å². The van der Waals surface area contributed by atoms with Crippen LogP contribution in [0.15, 0.2) is 18.2 Å². The minimum absolute atomic E-state index is 0.138. The van der Waals surface area contributed by atoms with Gasteiger partial charge in [-0.25, -0.2) is 4.39 Å². The average molecular weight is 254 g/mol. The zero-order valence-electron chi connectivity index (χ0n) is 10.1. The zero-order chi connectivity index (χ0) is 13.2. The van der Waals surface area contributed by atoms with E-state index in [0.717, 1.165) is 12.5 Å². The van der Waals surface area contributed by atoms with E-state index in [2.05, 4.69) is 5.32 Å². The van der Waals surface area contributed by atoms with E-state index in [1.807, 2.05) is 6.92 Å². The Labute approximate surface area is 104 Å². The van der Waals surface area contributed by atoms with Gasteiger partial charge in [0.25, 0.3) is 5.69 Å². The molecule has 1 N–H and O–H groups in total. The van der Waals surface area contributed by atoms with Crippen LogP contribution in [0.1, 0.15) is 18.9 Å². The van der Waals surface area contributed by atoms with E-state index in [9.17, 15) is 14.5 Å². The van der Waals surface area contributed by atoms with Crippen molar-refractivity contribution in [1.82, 2.24) is 5.32 Å². The number of nitro groups is 1. The maximum absolute atomic E-state index is 13.2. The van der Waals surface area contributed by atoms with E-state index in [1.165, 1.54) is 12.1 Å². The summed E-state index contributed by atoms with van der Waals surface area (Å²) >= 11 is 0. The molecule has 0 aliphatic carbocycles. The van der Waals surface area contributed by atoms with E-state index >= 15 is 0 Å². The fourth-order valence-electron chi connectivity index (χ4n) is 1.96. The summed E-state index contributed by atoms with van der Waals surface area (Å²) in [6, 6.07) is 3.61. The van der Waals surface area contributed by atoms with Crippen molar-refractivity contribution in [1.29, 1.82) is 0 Å².